The third kappa shape index (κ3) is 1.62. The van der Waals surface area contributed by atoms with E-state index in [-0.39, 0.29) is 11.8 Å². The number of imide groups is 1. The summed E-state index contributed by atoms with van der Waals surface area (Å²) >= 11 is 0. The largest absolute Gasteiger partial charge is 0.277 e. The Labute approximate surface area is 127 Å². The van der Waals surface area contributed by atoms with Crippen molar-refractivity contribution in [3.63, 3.8) is 0 Å². The van der Waals surface area contributed by atoms with Gasteiger partial charge < -0.3 is 0 Å². The third-order valence-corrected chi connectivity index (χ3v) is 4.17. The SMILES string of the molecule is CN1C(=O)c2cc3ccccc3c(-c3ccccc3)c2C1=O. The molecule has 0 spiro atoms. The number of carbonyl (C=O) groups excluding carboxylic acids is 2. The van der Waals surface area contributed by atoms with E-state index in [1.807, 2.05) is 60.7 Å². The van der Waals surface area contributed by atoms with E-state index in [9.17, 15) is 9.59 Å². The van der Waals surface area contributed by atoms with Crippen LogP contribution >= 0.6 is 0 Å². The molecule has 3 aromatic rings. The first-order valence-electron chi connectivity index (χ1n) is 7.12. The second-order valence-electron chi connectivity index (χ2n) is 5.43. The third-order valence-electron chi connectivity index (χ3n) is 4.17. The fourth-order valence-electron chi connectivity index (χ4n) is 3.08. The zero-order valence-corrected chi connectivity index (χ0v) is 12.0. The highest BCUT2D eigenvalue weighted by Crippen LogP contribution is 2.38. The lowest BCUT2D eigenvalue weighted by Gasteiger charge is -2.11. The van der Waals surface area contributed by atoms with Gasteiger partial charge in [0.1, 0.15) is 0 Å². The summed E-state index contributed by atoms with van der Waals surface area (Å²) in [5.41, 5.74) is 2.80. The van der Waals surface area contributed by atoms with E-state index in [2.05, 4.69) is 0 Å². The van der Waals surface area contributed by atoms with E-state index in [0.717, 1.165) is 21.9 Å². The summed E-state index contributed by atoms with van der Waals surface area (Å²) in [4.78, 5) is 26.1. The summed E-state index contributed by atoms with van der Waals surface area (Å²) < 4.78 is 0. The molecule has 0 bridgehead atoms. The molecule has 0 radical (unpaired) electrons. The maximum atomic E-state index is 12.5. The van der Waals surface area contributed by atoms with Gasteiger partial charge in [-0.15, -0.1) is 0 Å². The van der Waals surface area contributed by atoms with E-state index < -0.39 is 0 Å². The Morgan fingerprint density at radius 3 is 2.23 bits per heavy atom. The minimum Gasteiger partial charge on any atom is -0.277 e. The number of benzene rings is 3. The molecule has 22 heavy (non-hydrogen) atoms. The number of hydrogen-bond donors (Lipinski definition) is 0. The number of rotatable bonds is 1. The molecule has 0 saturated carbocycles. The molecule has 0 N–H and O–H groups in total. The minimum atomic E-state index is -0.233. The fourth-order valence-corrected chi connectivity index (χ4v) is 3.08. The van der Waals surface area contributed by atoms with Crippen LogP contribution in [0.15, 0.2) is 60.7 Å². The summed E-state index contributed by atoms with van der Waals surface area (Å²) in [6, 6.07) is 19.4. The second-order valence-corrected chi connectivity index (χ2v) is 5.43. The van der Waals surface area contributed by atoms with Crippen LogP contribution in [0.2, 0.25) is 0 Å². The van der Waals surface area contributed by atoms with Crippen LogP contribution in [-0.2, 0) is 0 Å². The zero-order valence-electron chi connectivity index (χ0n) is 12.0. The van der Waals surface area contributed by atoms with E-state index in [0.29, 0.717) is 11.1 Å². The maximum Gasteiger partial charge on any atom is 0.261 e. The van der Waals surface area contributed by atoms with Gasteiger partial charge in [0, 0.05) is 12.6 Å². The summed E-state index contributed by atoms with van der Waals surface area (Å²) in [6.07, 6.45) is 0. The lowest BCUT2D eigenvalue weighted by atomic mass is 9.90. The second kappa shape index (κ2) is 4.53. The first kappa shape index (κ1) is 12.8. The van der Waals surface area contributed by atoms with Gasteiger partial charge in [0.2, 0.25) is 0 Å². The number of fused-ring (bicyclic) bond motifs is 2. The molecule has 3 nitrogen and oxygen atoms in total. The molecule has 2 amide bonds. The molecule has 0 aromatic heterocycles. The van der Waals surface area contributed by atoms with Crippen molar-refractivity contribution < 1.29 is 9.59 Å². The summed E-state index contributed by atoms with van der Waals surface area (Å²) in [5.74, 6) is -0.465. The number of amides is 2. The molecule has 0 fully saturated rings. The van der Waals surface area contributed by atoms with Crippen molar-refractivity contribution in [2.75, 3.05) is 7.05 Å². The summed E-state index contributed by atoms with van der Waals surface area (Å²) in [6.45, 7) is 0. The molecule has 3 aromatic carbocycles. The topological polar surface area (TPSA) is 37.4 Å². The Kier molecular flexibility index (Phi) is 2.63. The Hall–Kier alpha value is -2.94. The molecular formula is C19H13NO2. The van der Waals surface area contributed by atoms with Gasteiger partial charge in [0.15, 0.2) is 0 Å². The van der Waals surface area contributed by atoms with Crippen LogP contribution < -0.4 is 0 Å². The van der Waals surface area contributed by atoms with Crippen LogP contribution in [0.5, 0.6) is 0 Å². The monoisotopic (exact) mass is 287 g/mol. The van der Waals surface area contributed by atoms with Gasteiger partial charge in [0.25, 0.3) is 11.8 Å². The first-order valence-corrected chi connectivity index (χ1v) is 7.12. The molecule has 0 aliphatic carbocycles. The standard InChI is InChI=1S/C19H13NO2/c1-20-18(21)15-11-13-9-5-6-10-14(13)16(17(15)19(20)22)12-7-3-2-4-8-12/h2-11H,1H3. The van der Waals surface area contributed by atoms with E-state index in [4.69, 9.17) is 0 Å². The molecule has 1 aliphatic heterocycles. The van der Waals surface area contributed by atoms with Gasteiger partial charge in [-0.2, -0.15) is 0 Å². The minimum absolute atomic E-state index is 0.232. The number of carbonyl (C=O) groups is 2. The van der Waals surface area contributed by atoms with E-state index in [1.54, 1.807) is 0 Å². The van der Waals surface area contributed by atoms with Crippen molar-refractivity contribution in [1.82, 2.24) is 4.90 Å². The van der Waals surface area contributed by atoms with Crippen molar-refractivity contribution in [2.45, 2.75) is 0 Å². The number of hydrogen-bond acceptors (Lipinski definition) is 2. The first-order chi connectivity index (χ1) is 10.7. The van der Waals surface area contributed by atoms with Crippen LogP contribution in [0, 0.1) is 0 Å². The molecule has 1 aliphatic rings. The van der Waals surface area contributed by atoms with E-state index >= 15 is 0 Å². The van der Waals surface area contributed by atoms with Crippen molar-refractivity contribution in [3.05, 3.63) is 71.8 Å². The average molecular weight is 287 g/mol. The zero-order chi connectivity index (χ0) is 15.3. The molecular weight excluding hydrogens is 274 g/mol. The van der Waals surface area contributed by atoms with Gasteiger partial charge in [-0.25, -0.2) is 0 Å². The van der Waals surface area contributed by atoms with Gasteiger partial charge in [-0.1, -0.05) is 54.6 Å². The highest BCUT2D eigenvalue weighted by molar-refractivity contribution is 6.27. The van der Waals surface area contributed by atoms with Crippen LogP contribution in [0.1, 0.15) is 20.7 Å². The Bertz CT molecular complexity index is 929. The molecule has 0 unspecified atom stereocenters. The normalized spacial score (nSPS) is 13.8. The van der Waals surface area contributed by atoms with Crippen molar-refractivity contribution in [1.29, 1.82) is 0 Å². The highest BCUT2D eigenvalue weighted by Gasteiger charge is 2.36. The molecule has 0 atom stereocenters. The van der Waals surface area contributed by atoms with Crippen LogP contribution in [0.25, 0.3) is 21.9 Å². The summed E-state index contributed by atoms with van der Waals surface area (Å²) in [7, 11) is 1.53. The molecule has 1 heterocycles. The van der Waals surface area contributed by atoms with Crippen LogP contribution in [0.3, 0.4) is 0 Å². The molecule has 3 heteroatoms. The van der Waals surface area contributed by atoms with Gasteiger partial charge in [-0.3, -0.25) is 14.5 Å². The fraction of sp³-hybridized carbons (Fsp3) is 0.0526. The Morgan fingerprint density at radius 2 is 1.45 bits per heavy atom. The Balaban J connectivity index is 2.19. The van der Waals surface area contributed by atoms with Gasteiger partial charge in [-0.05, 0) is 22.4 Å². The van der Waals surface area contributed by atoms with Gasteiger partial charge >= 0.3 is 0 Å². The summed E-state index contributed by atoms with van der Waals surface area (Å²) in [5, 5.41) is 1.96. The maximum absolute atomic E-state index is 12.5. The number of nitrogens with zero attached hydrogens (tertiary/aromatic N) is 1. The molecule has 4 rings (SSSR count). The lowest BCUT2D eigenvalue weighted by Crippen LogP contribution is -2.24. The molecule has 0 saturated heterocycles. The van der Waals surface area contributed by atoms with E-state index in [1.165, 1.54) is 11.9 Å². The predicted molar refractivity (Wildman–Crippen MR) is 85.8 cm³/mol. The van der Waals surface area contributed by atoms with Crippen LogP contribution in [-0.4, -0.2) is 23.8 Å². The quantitative estimate of drug-likeness (QED) is 0.639. The highest BCUT2D eigenvalue weighted by atomic mass is 16.2. The average Bonchev–Trinajstić information content (AvgIpc) is 2.78. The van der Waals surface area contributed by atoms with Crippen molar-refractivity contribution in [3.8, 4) is 11.1 Å². The predicted octanol–water partition coefficient (Wildman–Crippen LogP) is 3.73. The molecule has 106 valence electrons. The van der Waals surface area contributed by atoms with Crippen molar-refractivity contribution in [2.24, 2.45) is 0 Å². The van der Waals surface area contributed by atoms with Crippen molar-refractivity contribution >= 4 is 22.6 Å². The Morgan fingerprint density at radius 1 is 0.773 bits per heavy atom. The lowest BCUT2D eigenvalue weighted by molar-refractivity contribution is 0.0693. The van der Waals surface area contributed by atoms with Gasteiger partial charge in [0.05, 0.1) is 11.1 Å². The van der Waals surface area contributed by atoms with Crippen LogP contribution in [0.4, 0.5) is 0 Å². The smallest absolute Gasteiger partial charge is 0.261 e.